The van der Waals surface area contributed by atoms with E-state index in [2.05, 4.69) is 50.2 Å². The summed E-state index contributed by atoms with van der Waals surface area (Å²) in [6, 6.07) is 4.27. The Balaban J connectivity index is 1.77. The van der Waals surface area contributed by atoms with Gasteiger partial charge in [-0.15, -0.1) is 11.3 Å². The van der Waals surface area contributed by atoms with Crippen LogP contribution < -0.4 is 10.6 Å². The minimum atomic E-state index is -0.137. The number of nitrogens with zero attached hydrogens (tertiary/aromatic N) is 3. The van der Waals surface area contributed by atoms with E-state index in [1.54, 1.807) is 18.4 Å². The van der Waals surface area contributed by atoms with Crippen molar-refractivity contribution >= 4 is 17.3 Å². The van der Waals surface area contributed by atoms with E-state index >= 15 is 0 Å². The molecular weight excluding hydrogens is 322 g/mol. The Kier molecular flexibility index (Phi) is 6.36. The van der Waals surface area contributed by atoms with Gasteiger partial charge in [-0.05, 0) is 23.8 Å². The van der Waals surface area contributed by atoms with Gasteiger partial charge in [0.1, 0.15) is 0 Å². The molecule has 0 bridgehead atoms. The number of hydrogen-bond donors (Lipinski definition) is 2. The molecule has 132 valence electrons. The second-order valence-corrected chi connectivity index (χ2v) is 7.99. The van der Waals surface area contributed by atoms with Crippen LogP contribution in [-0.2, 0) is 18.4 Å². The van der Waals surface area contributed by atoms with Crippen LogP contribution in [0.4, 0.5) is 0 Å². The van der Waals surface area contributed by atoms with E-state index in [9.17, 15) is 0 Å². The number of rotatable bonds is 6. The number of aliphatic imine (C=N–C) groups is 1. The lowest BCUT2D eigenvalue weighted by Crippen LogP contribution is -2.39. The predicted octanol–water partition coefficient (Wildman–Crippen LogP) is 2.97. The second-order valence-electron chi connectivity index (χ2n) is 6.96. The van der Waals surface area contributed by atoms with Crippen LogP contribution in [0.1, 0.15) is 44.3 Å². The van der Waals surface area contributed by atoms with Gasteiger partial charge in [-0.3, -0.25) is 4.99 Å². The van der Waals surface area contributed by atoms with Gasteiger partial charge in [0.2, 0.25) is 5.89 Å². The first-order chi connectivity index (χ1) is 11.4. The highest BCUT2D eigenvalue weighted by atomic mass is 32.1. The average molecular weight is 350 g/mol. The smallest absolute Gasteiger partial charge is 0.232 e. The van der Waals surface area contributed by atoms with Gasteiger partial charge in [-0.25, -0.2) is 0 Å². The van der Waals surface area contributed by atoms with E-state index in [4.69, 9.17) is 4.52 Å². The third-order valence-corrected chi connectivity index (χ3v) is 4.39. The maximum absolute atomic E-state index is 5.29. The minimum absolute atomic E-state index is 0.137. The summed E-state index contributed by atoms with van der Waals surface area (Å²) in [4.78, 5) is 10.1. The Morgan fingerprint density at radius 2 is 2.17 bits per heavy atom. The lowest BCUT2D eigenvalue weighted by atomic mass is 9.97. The van der Waals surface area contributed by atoms with Crippen molar-refractivity contribution in [2.24, 2.45) is 10.9 Å². The molecule has 0 spiro atoms. The molecule has 7 heteroatoms. The zero-order valence-electron chi connectivity index (χ0n) is 15.1. The molecule has 1 unspecified atom stereocenters. The van der Waals surface area contributed by atoms with Gasteiger partial charge in [0.25, 0.3) is 0 Å². The van der Waals surface area contributed by atoms with Crippen LogP contribution in [0.2, 0.25) is 0 Å². The van der Waals surface area contributed by atoms with Crippen molar-refractivity contribution in [3.8, 4) is 0 Å². The van der Waals surface area contributed by atoms with E-state index in [1.807, 2.05) is 20.8 Å². The van der Waals surface area contributed by atoms with Crippen molar-refractivity contribution in [3.63, 3.8) is 0 Å². The number of guanidine groups is 1. The monoisotopic (exact) mass is 349 g/mol. The normalized spacial score (nSPS) is 13.8. The van der Waals surface area contributed by atoms with Crippen LogP contribution in [0.15, 0.2) is 27.0 Å². The highest BCUT2D eigenvalue weighted by Gasteiger charge is 2.21. The third-order valence-electron chi connectivity index (χ3n) is 3.49. The molecule has 0 fully saturated rings. The first-order valence-corrected chi connectivity index (χ1v) is 9.06. The number of hydrogen-bond acceptors (Lipinski definition) is 5. The van der Waals surface area contributed by atoms with Gasteiger partial charge in [0, 0.05) is 23.9 Å². The van der Waals surface area contributed by atoms with Gasteiger partial charge in [-0.2, -0.15) is 4.98 Å². The van der Waals surface area contributed by atoms with Crippen molar-refractivity contribution < 1.29 is 4.52 Å². The van der Waals surface area contributed by atoms with E-state index in [0.29, 0.717) is 24.2 Å². The summed E-state index contributed by atoms with van der Waals surface area (Å²) in [5.74, 6) is 2.55. The van der Waals surface area contributed by atoms with Crippen molar-refractivity contribution in [2.75, 3.05) is 13.6 Å². The molecule has 2 rings (SSSR count). The summed E-state index contributed by atoms with van der Waals surface area (Å²) in [6.07, 6.45) is 1.07. The molecule has 24 heavy (non-hydrogen) atoms. The van der Waals surface area contributed by atoms with E-state index in [-0.39, 0.29) is 5.41 Å². The maximum atomic E-state index is 5.29. The Morgan fingerprint density at radius 1 is 1.38 bits per heavy atom. The Hall–Kier alpha value is -1.89. The predicted molar refractivity (Wildman–Crippen MR) is 98.4 cm³/mol. The number of thiophene rings is 1. The van der Waals surface area contributed by atoms with Crippen molar-refractivity contribution in [3.05, 3.63) is 34.1 Å². The topological polar surface area (TPSA) is 75.3 Å². The minimum Gasteiger partial charge on any atom is -0.356 e. The summed E-state index contributed by atoms with van der Waals surface area (Å²) in [5.41, 5.74) is -0.137. The van der Waals surface area contributed by atoms with Crippen LogP contribution in [0.3, 0.4) is 0 Å². The molecule has 2 aromatic rings. The lowest BCUT2D eigenvalue weighted by molar-refractivity contribution is 0.318. The molecule has 0 aromatic carbocycles. The molecule has 0 aliphatic carbocycles. The van der Waals surface area contributed by atoms with Gasteiger partial charge in [0.05, 0.1) is 6.54 Å². The summed E-state index contributed by atoms with van der Waals surface area (Å²) >= 11 is 1.80. The zero-order valence-corrected chi connectivity index (χ0v) is 15.9. The van der Waals surface area contributed by atoms with Crippen LogP contribution in [-0.4, -0.2) is 29.7 Å². The number of aromatic nitrogens is 2. The van der Waals surface area contributed by atoms with Gasteiger partial charge >= 0.3 is 0 Å². The van der Waals surface area contributed by atoms with Gasteiger partial charge in [0.15, 0.2) is 11.8 Å². The molecule has 2 N–H and O–H groups in total. The average Bonchev–Trinajstić information content (AvgIpc) is 3.18. The largest absolute Gasteiger partial charge is 0.356 e. The SMILES string of the molecule is CN=C(NCc1noc(C(C)(C)C)n1)NCC(C)Cc1cccs1. The highest BCUT2D eigenvalue weighted by Crippen LogP contribution is 2.19. The molecule has 0 saturated heterocycles. The molecule has 0 radical (unpaired) electrons. The van der Waals surface area contributed by atoms with E-state index < -0.39 is 0 Å². The fraction of sp³-hybridized carbons (Fsp3) is 0.588. The van der Waals surface area contributed by atoms with Crippen LogP contribution in [0, 0.1) is 5.92 Å². The molecule has 0 amide bonds. The van der Waals surface area contributed by atoms with Crippen molar-refractivity contribution in [2.45, 2.75) is 46.1 Å². The number of nitrogens with one attached hydrogen (secondary N) is 2. The highest BCUT2D eigenvalue weighted by molar-refractivity contribution is 7.09. The van der Waals surface area contributed by atoms with Gasteiger partial charge < -0.3 is 15.2 Å². The summed E-state index contributed by atoms with van der Waals surface area (Å²) in [5, 5.41) is 12.7. The van der Waals surface area contributed by atoms with E-state index in [1.165, 1.54) is 4.88 Å². The first kappa shape index (κ1) is 18.4. The standard InChI is InChI=1S/C17H27N5OS/c1-12(9-13-7-6-8-24-13)10-19-16(18-5)20-11-14-21-15(23-22-14)17(2,3)4/h6-8,12H,9-11H2,1-5H3,(H2,18,19,20). The van der Waals surface area contributed by atoms with Crippen molar-refractivity contribution in [1.29, 1.82) is 0 Å². The van der Waals surface area contributed by atoms with Crippen LogP contribution >= 0.6 is 11.3 Å². The molecule has 0 saturated carbocycles. The zero-order chi connectivity index (χ0) is 17.6. The lowest BCUT2D eigenvalue weighted by Gasteiger charge is -2.15. The first-order valence-electron chi connectivity index (χ1n) is 8.18. The quantitative estimate of drug-likeness (QED) is 0.619. The molecule has 2 heterocycles. The molecule has 0 aliphatic rings. The third kappa shape index (κ3) is 5.63. The summed E-state index contributed by atoms with van der Waals surface area (Å²) in [6.45, 7) is 9.72. The second kappa shape index (κ2) is 8.28. The molecule has 0 aliphatic heterocycles. The summed E-state index contributed by atoms with van der Waals surface area (Å²) in [7, 11) is 1.76. The molecule has 1 atom stereocenters. The van der Waals surface area contributed by atoms with Crippen LogP contribution in [0.25, 0.3) is 0 Å². The Bertz CT molecular complexity index is 642. The van der Waals surface area contributed by atoms with Crippen LogP contribution in [0.5, 0.6) is 0 Å². The molecule has 6 nitrogen and oxygen atoms in total. The maximum Gasteiger partial charge on any atom is 0.232 e. The fourth-order valence-electron chi connectivity index (χ4n) is 2.13. The Labute approximate surface area is 147 Å². The molecular formula is C17H27N5OS. The van der Waals surface area contributed by atoms with Crippen molar-refractivity contribution in [1.82, 2.24) is 20.8 Å². The van der Waals surface area contributed by atoms with Gasteiger partial charge in [-0.1, -0.05) is 38.9 Å². The summed E-state index contributed by atoms with van der Waals surface area (Å²) < 4.78 is 5.29. The Morgan fingerprint density at radius 3 is 2.75 bits per heavy atom. The van der Waals surface area contributed by atoms with E-state index in [0.717, 1.165) is 18.9 Å². The molecule has 2 aromatic heterocycles. The fourth-order valence-corrected chi connectivity index (χ4v) is 3.00.